The number of carbonyl (C=O) groups excluding carboxylic acids is 3. The van der Waals surface area contributed by atoms with E-state index in [1.807, 2.05) is 6.92 Å². The number of hydrogen-bond donors (Lipinski definition) is 0. The molecule has 1 saturated heterocycles. The van der Waals surface area contributed by atoms with Gasteiger partial charge in [-0.25, -0.2) is 0 Å². The van der Waals surface area contributed by atoms with Crippen LogP contribution in [-0.2, 0) is 41.1 Å². The van der Waals surface area contributed by atoms with Crippen molar-refractivity contribution in [3.63, 3.8) is 0 Å². The third-order valence-electron chi connectivity index (χ3n) is 7.67. The Morgan fingerprint density at radius 2 is 1.34 bits per heavy atom. The van der Waals surface area contributed by atoms with Crippen LogP contribution in [0, 0.1) is 6.92 Å². The van der Waals surface area contributed by atoms with Crippen molar-refractivity contribution in [2.75, 3.05) is 0 Å². The number of carbonyl (C=O) groups is 3. The van der Waals surface area contributed by atoms with Gasteiger partial charge in [0, 0.05) is 0 Å². The standard InChI is InChI=1S/C34H30O8S.Hg/c1-22(2)15-20-28-29(40-33(36)25-11-7-5-8-12-25)21-30(41-34(37)26-13-9-6-10-14-26)31(24(4)35)32(28)42-43(38,39)27-18-16-23(3)17-19-27;/h5-14,16-19,21H,1,15,20H2,2-4H3;. The Kier molecular flexibility index (Phi) is 9.36. The van der Waals surface area contributed by atoms with Crippen LogP contribution in [0.5, 0.6) is 17.2 Å². The molecule has 44 heavy (non-hydrogen) atoms. The number of ketones is 1. The van der Waals surface area contributed by atoms with Crippen molar-refractivity contribution >= 4 is 27.8 Å². The van der Waals surface area contributed by atoms with E-state index in [0.717, 1.165) is 5.56 Å². The first-order chi connectivity index (χ1) is 21.0. The zero-order chi connectivity index (χ0) is 31.5. The molecule has 0 amide bonds. The first-order valence-corrected chi connectivity index (χ1v) is 22.3. The van der Waals surface area contributed by atoms with Gasteiger partial charge >= 0.3 is 264 Å². The number of benzene rings is 4. The number of Topliss-reactive ketones (excluding diaryl/α,β-unsaturated/α-hetero) is 1. The van der Waals surface area contributed by atoms with E-state index in [9.17, 15) is 22.8 Å². The van der Waals surface area contributed by atoms with E-state index < -0.39 is 52.4 Å². The molecule has 0 N–H and O–H groups in total. The molecule has 1 aliphatic rings. The van der Waals surface area contributed by atoms with E-state index in [-0.39, 0.29) is 47.3 Å². The molecule has 5 rings (SSSR count). The first kappa shape index (κ1) is 31.6. The van der Waals surface area contributed by atoms with Crippen molar-refractivity contribution in [1.82, 2.24) is 0 Å². The maximum atomic E-state index is 13.6. The van der Waals surface area contributed by atoms with Crippen LogP contribution < -0.4 is 13.7 Å². The Labute approximate surface area is 268 Å². The predicted molar refractivity (Wildman–Crippen MR) is 160 cm³/mol. The molecule has 1 atom stereocenters. The summed E-state index contributed by atoms with van der Waals surface area (Å²) in [5.74, 6) is -2.71. The Hall–Kier alpha value is -3.82. The second kappa shape index (κ2) is 13.0. The fraction of sp³-hybridized carbons (Fsp3) is 0.206. The molecule has 0 spiro atoms. The van der Waals surface area contributed by atoms with Gasteiger partial charge < -0.3 is 0 Å². The van der Waals surface area contributed by atoms with Crippen molar-refractivity contribution in [2.45, 2.75) is 45.4 Å². The molecule has 1 fully saturated rings. The fourth-order valence-electron chi connectivity index (χ4n) is 4.71. The maximum absolute atomic E-state index is 13.6. The minimum atomic E-state index is -4.46. The Morgan fingerprint density at radius 3 is 1.84 bits per heavy atom. The molecular weight excluding hydrogens is 769 g/mol. The number of hydrogen-bond acceptors (Lipinski definition) is 8. The van der Waals surface area contributed by atoms with E-state index >= 15 is 0 Å². The van der Waals surface area contributed by atoms with Crippen LogP contribution in [-0.4, -0.2) is 26.1 Å². The second-order valence-electron chi connectivity index (χ2n) is 11.3. The molecule has 0 aliphatic carbocycles. The van der Waals surface area contributed by atoms with Crippen LogP contribution in [0.15, 0.2) is 95.9 Å². The van der Waals surface area contributed by atoms with Crippen LogP contribution in [0.2, 0.25) is 6.85 Å². The zero-order valence-electron chi connectivity index (χ0n) is 24.7. The van der Waals surface area contributed by atoms with Crippen LogP contribution in [0.1, 0.15) is 62.5 Å². The van der Waals surface area contributed by atoms with Gasteiger partial charge in [-0.3, -0.25) is 0 Å². The van der Waals surface area contributed by atoms with Crippen LogP contribution in [0.3, 0.4) is 0 Å². The molecule has 1 aliphatic heterocycles. The summed E-state index contributed by atoms with van der Waals surface area (Å²) in [5, 5.41) is 0. The molecule has 0 saturated carbocycles. The first-order valence-electron chi connectivity index (χ1n) is 14.2. The SMILES string of the molecule is CC(=O)c1c(OC(=O)c2ccccc2)cc(OC(=O)c2ccccc2)c(CC[C]2(C)[CH2][Hg]2)c1OS(=O)(=O)c1ccc(C)cc1. The second-order valence-corrected chi connectivity index (χ2v) is 23.4. The molecule has 8 nitrogen and oxygen atoms in total. The third kappa shape index (κ3) is 7.45. The number of rotatable bonds is 11. The van der Waals surface area contributed by atoms with Gasteiger partial charge in [0.05, 0.1) is 0 Å². The summed E-state index contributed by atoms with van der Waals surface area (Å²) in [6, 6.07) is 23.8. The average Bonchev–Trinajstić information content (AvgIpc) is 3.74. The fourth-order valence-corrected chi connectivity index (χ4v) is 9.96. The van der Waals surface area contributed by atoms with Crippen molar-refractivity contribution in [1.29, 1.82) is 0 Å². The van der Waals surface area contributed by atoms with Crippen LogP contribution in [0.25, 0.3) is 0 Å². The van der Waals surface area contributed by atoms with Crippen molar-refractivity contribution in [3.8, 4) is 17.2 Å². The van der Waals surface area contributed by atoms with Gasteiger partial charge in [-0.2, -0.15) is 0 Å². The van der Waals surface area contributed by atoms with Gasteiger partial charge in [-0.15, -0.1) is 0 Å². The molecule has 4 aromatic rings. The molecule has 1 heterocycles. The molecule has 222 valence electrons. The van der Waals surface area contributed by atoms with Gasteiger partial charge in [0.15, 0.2) is 0 Å². The van der Waals surface area contributed by atoms with Gasteiger partial charge in [0.2, 0.25) is 0 Å². The molecule has 0 bridgehead atoms. The van der Waals surface area contributed by atoms with Gasteiger partial charge in [0.1, 0.15) is 0 Å². The van der Waals surface area contributed by atoms with E-state index in [1.54, 1.807) is 72.8 Å². The summed E-state index contributed by atoms with van der Waals surface area (Å²) in [6.07, 6.45) is 1.01. The number of ether oxygens (including phenoxy) is 2. The van der Waals surface area contributed by atoms with Crippen molar-refractivity contribution in [3.05, 3.63) is 119 Å². The Morgan fingerprint density at radius 1 is 0.818 bits per heavy atom. The quantitative estimate of drug-likeness (QED) is 0.0523. The van der Waals surface area contributed by atoms with Crippen LogP contribution >= 0.6 is 0 Å². The van der Waals surface area contributed by atoms with Crippen LogP contribution in [0.4, 0.5) is 0 Å². The van der Waals surface area contributed by atoms with E-state index in [4.69, 9.17) is 13.7 Å². The van der Waals surface area contributed by atoms with Gasteiger partial charge in [-0.1, -0.05) is 6.07 Å². The van der Waals surface area contributed by atoms with Gasteiger partial charge in [0.25, 0.3) is 0 Å². The third-order valence-corrected chi connectivity index (χ3v) is 18.9. The van der Waals surface area contributed by atoms with E-state index in [0.29, 0.717) is 12.8 Å². The predicted octanol–water partition coefficient (Wildman–Crippen LogP) is 7.03. The zero-order valence-corrected chi connectivity index (χ0v) is 31.0. The minimum absolute atomic E-state index is 0.0465. The van der Waals surface area contributed by atoms with E-state index in [2.05, 4.69) is 6.92 Å². The van der Waals surface area contributed by atoms with Gasteiger partial charge in [-0.05, 0) is 0 Å². The summed E-state index contributed by atoms with van der Waals surface area (Å²) in [4.78, 5) is 39.5. The molecule has 10 heteroatoms. The molecular formula is C34H30HgO8S. The normalized spacial score (nSPS) is 15.3. The topological polar surface area (TPSA) is 113 Å². The molecule has 0 aromatic heterocycles. The molecule has 0 radical (unpaired) electrons. The summed E-state index contributed by atoms with van der Waals surface area (Å²) in [7, 11) is -4.46. The summed E-state index contributed by atoms with van der Waals surface area (Å²) >= 11 is -1.04. The number of esters is 2. The monoisotopic (exact) mass is 800 g/mol. The number of aryl methyl sites for hydroxylation is 1. The van der Waals surface area contributed by atoms with Crippen molar-refractivity contribution < 1.29 is 61.0 Å². The average molecular weight is 799 g/mol. The summed E-state index contributed by atoms with van der Waals surface area (Å²) in [5.41, 5.74) is 1.33. The van der Waals surface area contributed by atoms with Crippen molar-refractivity contribution in [2.24, 2.45) is 0 Å². The molecule has 4 aromatic carbocycles. The molecule has 1 unspecified atom stereocenters. The Bertz CT molecular complexity index is 1820. The summed E-state index contributed by atoms with van der Waals surface area (Å²) < 4.78 is 46.0. The Balaban J connectivity index is 1.69. The summed E-state index contributed by atoms with van der Waals surface area (Å²) in [6.45, 7) is 5.26. The van der Waals surface area contributed by atoms with E-state index in [1.165, 1.54) is 29.1 Å².